The van der Waals surface area contributed by atoms with E-state index in [-0.39, 0.29) is 11.3 Å². The third-order valence-corrected chi connectivity index (χ3v) is 3.27. The standard InChI is InChI=1S/C12H15N3O4/c1-13-4-6-14(7-5-13)11-3-2-9(15(18)19)8-10(11)12(16)17/h2-3,8H,4-7H2,1H3,(H,16,17). The molecule has 1 aliphatic heterocycles. The van der Waals surface area contributed by atoms with E-state index in [4.69, 9.17) is 0 Å². The van der Waals surface area contributed by atoms with Crippen molar-refractivity contribution in [3.05, 3.63) is 33.9 Å². The number of rotatable bonds is 3. The number of aromatic carboxylic acids is 1. The number of nitro groups is 1. The van der Waals surface area contributed by atoms with Crippen molar-refractivity contribution in [2.45, 2.75) is 0 Å². The van der Waals surface area contributed by atoms with Crippen molar-refractivity contribution in [3.8, 4) is 0 Å². The van der Waals surface area contributed by atoms with Crippen LogP contribution in [0, 0.1) is 10.1 Å². The third-order valence-electron chi connectivity index (χ3n) is 3.27. The molecule has 1 saturated heterocycles. The number of carbonyl (C=O) groups is 1. The van der Waals surface area contributed by atoms with E-state index in [0.717, 1.165) is 19.2 Å². The molecule has 0 atom stereocenters. The molecular formula is C12H15N3O4. The van der Waals surface area contributed by atoms with Crippen molar-refractivity contribution in [1.82, 2.24) is 4.90 Å². The van der Waals surface area contributed by atoms with Crippen LogP contribution in [0.3, 0.4) is 0 Å². The van der Waals surface area contributed by atoms with E-state index in [9.17, 15) is 20.0 Å². The van der Waals surface area contributed by atoms with E-state index in [1.807, 2.05) is 11.9 Å². The van der Waals surface area contributed by atoms with Crippen molar-refractivity contribution >= 4 is 17.3 Å². The first-order valence-electron chi connectivity index (χ1n) is 5.94. The van der Waals surface area contributed by atoms with Gasteiger partial charge in [0.25, 0.3) is 5.69 Å². The van der Waals surface area contributed by atoms with Crippen LogP contribution in [0.1, 0.15) is 10.4 Å². The minimum Gasteiger partial charge on any atom is -0.478 e. The van der Waals surface area contributed by atoms with Crippen molar-refractivity contribution in [3.63, 3.8) is 0 Å². The monoisotopic (exact) mass is 265 g/mol. The fourth-order valence-electron chi connectivity index (χ4n) is 2.13. The zero-order valence-electron chi connectivity index (χ0n) is 10.6. The van der Waals surface area contributed by atoms with Gasteiger partial charge in [0.1, 0.15) is 0 Å². The molecule has 0 amide bonds. The SMILES string of the molecule is CN1CCN(c2ccc([N+](=O)[O-])cc2C(=O)O)CC1. The highest BCUT2D eigenvalue weighted by atomic mass is 16.6. The van der Waals surface area contributed by atoms with Gasteiger partial charge in [-0.3, -0.25) is 10.1 Å². The maximum Gasteiger partial charge on any atom is 0.338 e. The zero-order chi connectivity index (χ0) is 14.0. The second-order valence-corrected chi connectivity index (χ2v) is 4.55. The predicted octanol–water partition coefficient (Wildman–Crippen LogP) is 1.04. The van der Waals surface area contributed by atoms with Crippen molar-refractivity contribution < 1.29 is 14.8 Å². The molecule has 1 N–H and O–H groups in total. The lowest BCUT2D eigenvalue weighted by molar-refractivity contribution is -0.384. The van der Waals surface area contributed by atoms with Gasteiger partial charge in [-0.2, -0.15) is 0 Å². The summed E-state index contributed by atoms with van der Waals surface area (Å²) in [4.78, 5) is 25.5. The Bertz CT molecular complexity index is 510. The highest BCUT2D eigenvalue weighted by molar-refractivity contribution is 5.95. The molecule has 102 valence electrons. The van der Waals surface area contributed by atoms with Crippen LogP contribution in [0.5, 0.6) is 0 Å². The highest BCUT2D eigenvalue weighted by Gasteiger charge is 2.22. The van der Waals surface area contributed by atoms with Crippen LogP contribution in [-0.4, -0.2) is 54.1 Å². The summed E-state index contributed by atoms with van der Waals surface area (Å²) in [7, 11) is 2.01. The van der Waals surface area contributed by atoms with Crippen molar-refractivity contribution in [1.29, 1.82) is 0 Å². The number of hydrogen-bond donors (Lipinski definition) is 1. The van der Waals surface area contributed by atoms with Crippen LogP contribution >= 0.6 is 0 Å². The zero-order valence-corrected chi connectivity index (χ0v) is 10.6. The second-order valence-electron chi connectivity index (χ2n) is 4.55. The number of hydrogen-bond acceptors (Lipinski definition) is 5. The summed E-state index contributed by atoms with van der Waals surface area (Å²) in [5, 5.41) is 19.9. The number of anilines is 1. The lowest BCUT2D eigenvalue weighted by Gasteiger charge is -2.34. The summed E-state index contributed by atoms with van der Waals surface area (Å²) in [6.45, 7) is 3.12. The smallest absolute Gasteiger partial charge is 0.338 e. The lowest BCUT2D eigenvalue weighted by Crippen LogP contribution is -2.45. The van der Waals surface area contributed by atoms with Gasteiger partial charge >= 0.3 is 5.97 Å². The van der Waals surface area contributed by atoms with Gasteiger partial charge in [-0.1, -0.05) is 0 Å². The second kappa shape index (κ2) is 5.23. The summed E-state index contributed by atoms with van der Waals surface area (Å²) in [5.74, 6) is -1.14. The van der Waals surface area contributed by atoms with Crippen molar-refractivity contribution in [2.24, 2.45) is 0 Å². The van der Waals surface area contributed by atoms with Crippen LogP contribution in [-0.2, 0) is 0 Å². The molecule has 2 rings (SSSR count). The Kier molecular flexibility index (Phi) is 3.66. The van der Waals surface area contributed by atoms with Crippen LogP contribution in [0.15, 0.2) is 18.2 Å². The number of benzene rings is 1. The topological polar surface area (TPSA) is 86.9 Å². The van der Waals surface area contributed by atoms with Gasteiger partial charge in [0, 0.05) is 38.3 Å². The number of carboxylic acid groups (broad SMARTS) is 1. The van der Waals surface area contributed by atoms with Crippen LogP contribution in [0.2, 0.25) is 0 Å². The average Bonchev–Trinajstić information content (AvgIpc) is 2.38. The van der Waals surface area contributed by atoms with E-state index in [2.05, 4.69) is 4.90 Å². The Balaban J connectivity index is 2.34. The molecule has 0 aromatic heterocycles. The maximum atomic E-state index is 11.2. The Morgan fingerprint density at radius 3 is 2.47 bits per heavy atom. The molecule has 7 heteroatoms. The average molecular weight is 265 g/mol. The summed E-state index contributed by atoms with van der Waals surface area (Å²) in [6, 6.07) is 3.99. The minimum atomic E-state index is -1.14. The first-order chi connectivity index (χ1) is 8.99. The molecule has 0 radical (unpaired) electrons. The van der Waals surface area contributed by atoms with Crippen molar-refractivity contribution in [2.75, 3.05) is 38.1 Å². The Morgan fingerprint density at radius 1 is 1.32 bits per heavy atom. The van der Waals surface area contributed by atoms with Gasteiger partial charge in [-0.05, 0) is 13.1 Å². The number of nitrogens with zero attached hydrogens (tertiary/aromatic N) is 3. The molecule has 1 aromatic rings. The van der Waals surface area contributed by atoms with Gasteiger partial charge in [0.05, 0.1) is 16.2 Å². The molecule has 7 nitrogen and oxygen atoms in total. The number of non-ortho nitro benzene ring substituents is 1. The molecule has 1 aliphatic rings. The lowest BCUT2D eigenvalue weighted by atomic mass is 10.1. The molecule has 0 bridgehead atoms. The largest absolute Gasteiger partial charge is 0.478 e. The van der Waals surface area contributed by atoms with E-state index in [0.29, 0.717) is 18.8 Å². The number of likely N-dealkylation sites (N-methyl/N-ethyl adjacent to an activating group) is 1. The fourth-order valence-corrected chi connectivity index (χ4v) is 2.13. The molecule has 1 aromatic carbocycles. The predicted molar refractivity (Wildman–Crippen MR) is 69.8 cm³/mol. The maximum absolute atomic E-state index is 11.2. The molecule has 1 heterocycles. The van der Waals surface area contributed by atoms with Crippen LogP contribution in [0.4, 0.5) is 11.4 Å². The number of piperazine rings is 1. The van der Waals surface area contributed by atoms with Gasteiger partial charge in [0.2, 0.25) is 0 Å². The third kappa shape index (κ3) is 2.82. The first kappa shape index (κ1) is 13.3. The highest BCUT2D eigenvalue weighted by Crippen LogP contribution is 2.26. The summed E-state index contributed by atoms with van der Waals surface area (Å²) >= 11 is 0. The summed E-state index contributed by atoms with van der Waals surface area (Å²) in [6.07, 6.45) is 0. The quantitative estimate of drug-likeness (QED) is 0.649. The molecule has 0 aliphatic carbocycles. The Hall–Kier alpha value is -2.15. The van der Waals surface area contributed by atoms with Gasteiger partial charge < -0.3 is 14.9 Å². The van der Waals surface area contributed by atoms with Gasteiger partial charge in [-0.15, -0.1) is 0 Å². The molecular weight excluding hydrogens is 250 g/mol. The summed E-state index contributed by atoms with van der Waals surface area (Å²) < 4.78 is 0. The molecule has 0 unspecified atom stereocenters. The molecule has 0 saturated carbocycles. The Labute approximate surface area is 110 Å². The normalized spacial score (nSPS) is 16.4. The van der Waals surface area contributed by atoms with E-state index in [1.165, 1.54) is 12.1 Å². The molecule has 0 spiro atoms. The van der Waals surface area contributed by atoms with E-state index >= 15 is 0 Å². The van der Waals surface area contributed by atoms with Crippen LogP contribution in [0.25, 0.3) is 0 Å². The van der Waals surface area contributed by atoms with Crippen LogP contribution < -0.4 is 4.90 Å². The molecule has 19 heavy (non-hydrogen) atoms. The summed E-state index contributed by atoms with van der Waals surface area (Å²) in [5.41, 5.74) is 0.334. The van der Waals surface area contributed by atoms with Gasteiger partial charge in [0.15, 0.2) is 0 Å². The van der Waals surface area contributed by atoms with E-state index < -0.39 is 10.9 Å². The minimum absolute atomic E-state index is 0.0150. The van der Waals surface area contributed by atoms with Gasteiger partial charge in [-0.25, -0.2) is 4.79 Å². The number of nitro benzene ring substituents is 1. The van der Waals surface area contributed by atoms with E-state index in [1.54, 1.807) is 0 Å². The fraction of sp³-hybridized carbons (Fsp3) is 0.417. The number of carboxylic acids is 1. The Morgan fingerprint density at radius 2 is 1.95 bits per heavy atom. The molecule has 1 fully saturated rings. The first-order valence-corrected chi connectivity index (χ1v) is 5.94.